The van der Waals surface area contributed by atoms with Crippen LogP contribution in [-0.4, -0.2) is 12.8 Å². The van der Waals surface area contributed by atoms with Gasteiger partial charge >= 0.3 is 5.63 Å². The first kappa shape index (κ1) is 14.1. The van der Waals surface area contributed by atoms with E-state index < -0.39 is 0 Å². The molecular weight excluding hydrogens is 278 g/mol. The molecule has 0 N–H and O–H groups in total. The number of rotatable bonds is 3. The van der Waals surface area contributed by atoms with Gasteiger partial charge < -0.3 is 9.15 Å². The fraction of sp³-hybridized carbons (Fsp3) is 0.111. The van der Waals surface area contributed by atoms with Gasteiger partial charge in [0.1, 0.15) is 11.3 Å². The van der Waals surface area contributed by atoms with E-state index in [1.165, 1.54) is 0 Å². The Morgan fingerprint density at radius 1 is 1.09 bits per heavy atom. The number of para-hydroxylation sites is 1. The van der Waals surface area contributed by atoms with Gasteiger partial charge in [-0.2, -0.15) is 0 Å². The SMILES string of the molecule is COc1cccc(N=C(C)c2cc3ccccc3oc2=O)c1. The average Bonchev–Trinajstić information content (AvgIpc) is 2.54. The number of benzene rings is 2. The van der Waals surface area contributed by atoms with Crippen LogP contribution in [0.3, 0.4) is 0 Å². The monoisotopic (exact) mass is 293 g/mol. The van der Waals surface area contributed by atoms with Crippen molar-refractivity contribution in [2.45, 2.75) is 6.92 Å². The van der Waals surface area contributed by atoms with Gasteiger partial charge in [0.15, 0.2) is 0 Å². The van der Waals surface area contributed by atoms with Crippen LogP contribution in [0.5, 0.6) is 5.75 Å². The van der Waals surface area contributed by atoms with E-state index in [1.807, 2.05) is 42.5 Å². The number of fused-ring (bicyclic) bond motifs is 1. The van der Waals surface area contributed by atoms with Gasteiger partial charge in [0.25, 0.3) is 0 Å². The van der Waals surface area contributed by atoms with Crippen molar-refractivity contribution >= 4 is 22.4 Å². The molecule has 110 valence electrons. The van der Waals surface area contributed by atoms with Crippen molar-refractivity contribution in [2.75, 3.05) is 7.11 Å². The largest absolute Gasteiger partial charge is 0.497 e. The van der Waals surface area contributed by atoms with Crippen LogP contribution in [0.2, 0.25) is 0 Å². The summed E-state index contributed by atoms with van der Waals surface area (Å²) in [5, 5.41) is 0.872. The Labute approximate surface area is 127 Å². The van der Waals surface area contributed by atoms with Crippen LogP contribution in [-0.2, 0) is 0 Å². The lowest BCUT2D eigenvalue weighted by atomic mass is 10.1. The van der Waals surface area contributed by atoms with Gasteiger partial charge in [0, 0.05) is 11.5 Å². The summed E-state index contributed by atoms with van der Waals surface area (Å²) < 4.78 is 10.5. The van der Waals surface area contributed by atoms with E-state index in [9.17, 15) is 4.79 Å². The van der Waals surface area contributed by atoms with Crippen LogP contribution < -0.4 is 10.4 Å². The van der Waals surface area contributed by atoms with Gasteiger partial charge in [-0.15, -0.1) is 0 Å². The second-order valence-corrected chi connectivity index (χ2v) is 4.88. The first-order valence-corrected chi connectivity index (χ1v) is 6.90. The summed E-state index contributed by atoms with van der Waals surface area (Å²) in [4.78, 5) is 16.6. The van der Waals surface area contributed by atoms with Crippen molar-refractivity contribution in [2.24, 2.45) is 4.99 Å². The Hall–Kier alpha value is -2.88. The van der Waals surface area contributed by atoms with Crippen molar-refractivity contribution in [1.29, 1.82) is 0 Å². The Morgan fingerprint density at radius 3 is 2.73 bits per heavy atom. The molecule has 3 aromatic rings. The Kier molecular flexibility index (Phi) is 3.74. The molecule has 4 nitrogen and oxygen atoms in total. The topological polar surface area (TPSA) is 51.8 Å². The molecular formula is C18H15NO3. The summed E-state index contributed by atoms with van der Waals surface area (Å²) in [6.07, 6.45) is 0. The van der Waals surface area contributed by atoms with E-state index in [-0.39, 0.29) is 5.63 Å². The Balaban J connectivity index is 2.07. The predicted molar refractivity (Wildman–Crippen MR) is 87.3 cm³/mol. The van der Waals surface area contributed by atoms with E-state index in [0.717, 1.165) is 16.8 Å². The molecule has 1 heterocycles. The highest BCUT2D eigenvalue weighted by atomic mass is 16.5. The molecule has 4 heteroatoms. The molecule has 0 saturated carbocycles. The van der Waals surface area contributed by atoms with E-state index in [4.69, 9.17) is 9.15 Å². The summed E-state index contributed by atoms with van der Waals surface area (Å²) in [7, 11) is 1.60. The van der Waals surface area contributed by atoms with Crippen molar-refractivity contribution in [3.63, 3.8) is 0 Å². The Bertz CT molecular complexity index is 909. The van der Waals surface area contributed by atoms with Gasteiger partial charge in [-0.25, -0.2) is 4.79 Å². The molecule has 0 aliphatic rings. The fourth-order valence-electron chi connectivity index (χ4n) is 2.25. The molecule has 0 radical (unpaired) electrons. The normalized spacial score (nSPS) is 11.6. The molecule has 0 unspecified atom stereocenters. The van der Waals surface area contributed by atoms with E-state index in [1.54, 1.807) is 26.2 Å². The maximum Gasteiger partial charge on any atom is 0.345 e. The first-order valence-electron chi connectivity index (χ1n) is 6.90. The molecule has 0 aliphatic heterocycles. The van der Waals surface area contributed by atoms with Crippen LogP contribution >= 0.6 is 0 Å². The summed E-state index contributed by atoms with van der Waals surface area (Å²) in [6.45, 7) is 1.79. The molecule has 0 fully saturated rings. The number of nitrogens with zero attached hydrogens (tertiary/aromatic N) is 1. The van der Waals surface area contributed by atoms with Gasteiger partial charge in [-0.1, -0.05) is 24.3 Å². The van der Waals surface area contributed by atoms with Crippen molar-refractivity contribution < 1.29 is 9.15 Å². The predicted octanol–water partition coefficient (Wildman–Crippen LogP) is 3.94. The second kappa shape index (κ2) is 5.85. The standard InChI is InChI=1S/C18H15NO3/c1-12(19-14-7-5-8-15(11-14)21-2)16-10-13-6-3-4-9-17(13)22-18(16)20/h3-11H,1-2H3. The molecule has 0 aliphatic carbocycles. The third-order valence-corrected chi connectivity index (χ3v) is 3.38. The lowest BCUT2D eigenvalue weighted by Crippen LogP contribution is -2.11. The molecule has 0 bridgehead atoms. The maximum absolute atomic E-state index is 12.1. The number of methoxy groups -OCH3 is 1. The van der Waals surface area contributed by atoms with Crippen LogP contribution in [0.15, 0.2) is 68.8 Å². The molecule has 3 rings (SSSR count). The van der Waals surface area contributed by atoms with E-state index in [0.29, 0.717) is 16.9 Å². The minimum Gasteiger partial charge on any atom is -0.497 e. The van der Waals surface area contributed by atoms with Gasteiger partial charge in [0.05, 0.1) is 24.1 Å². The number of aliphatic imine (C=N–C) groups is 1. The average molecular weight is 293 g/mol. The summed E-state index contributed by atoms with van der Waals surface area (Å²) >= 11 is 0. The lowest BCUT2D eigenvalue weighted by molar-refractivity contribution is 0.415. The maximum atomic E-state index is 12.1. The quantitative estimate of drug-likeness (QED) is 0.543. The lowest BCUT2D eigenvalue weighted by Gasteiger charge is -2.04. The summed E-state index contributed by atoms with van der Waals surface area (Å²) in [5.41, 5.74) is 1.98. The highest BCUT2D eigenvalue weighted by molar-refractivity contribution is 6.01. The van der Waals surface area contributed by atoms with Crippen molar-refractivity contribution in [3.05, 3.63) is 70.6 Å². The summed E-state index contributed by atoms with van der Waals surface area (Å²) in [5.74, 6) is 0.722. The second-order valence-electron chi connectivity index (χ2n) is 4.88. The van der Waals surface area contributed by atoms with Gasteiger partial charge in [0.2, 0.25) is 0 Å². The Morgan fingerprint density at radius 2 is 1.91 bits per heavy atom. The molecule has 0 saturated heterocycles. The van der Waals surface area contributed by atoms with Gasteiger partial charge in [-0.05, 0) is 31.2 Å². The smallest absolute Gasteiger partial charge is 0.345 e. The highest BCUT2D eigenvalue weighted by Crippen LogP contribution is 2.21. The highest BCUT2D eigenvalue weighted by Gasteiger charge is 2.08. The first-order chi connectivity index (χ1) is 10.7. The number of hydrogen-bond acceptors (Lipinski definition) is 4. The zero-order chi connectivity index (χ0) is 15.5. The molecule has 0 spiro atoms. The van der Waals surface area contributed by atoms with E-state index in [2.05, 4.69) is 4.99 Å². The molecule has 1 aromatic heterocycles. The minimum atomic E-state index is -0.386. The molecule has 0 atom stereocenters. The molecule has 0 amide bonds. The van der Waals surface area contributed by atoms with E-state index >= 15 is 0 Å². The number of ether oxygens (including phenoxy) is 1. The van der Waals surface area contributed by atoms with Crippen molar-refractivity contribution in [3.8, 4) is 5.75 Å². The third kappa shape index (κ3) is 2.76. The van der Waals surface area contributed by atoms with Crippen LogP contribution in [0.25, 0.3) is 11.0 Å². The zero-order valence-corrected chi connectivity index (χ0v) is 12.4. The van der Waals surface area contributed by atoms with Gasteiger partial charge in [-0.3, -0.25) is 4.99 Å². The minimum absolute atomic E-state index is 0.386. The zero-order valence-electron chi connectivity index (χ0n) is 12.4. The van der Waals surface area contributed by atoms with Crippen LogP contribution in [0.1, 0.15) is 12.5 Å². The van der Waals surface area contributed by atoms with Crippen LogP contribution in [0, 0.1) is 0 Å². The van der Waals surface area contributed by atoms with Crippen molar-refractivity contribution in [1.82, 2.24) is 0 Å². The third-order valence-electron chi connectivity index (χ3n) is 3.38. The summed E-state index contributed by atoms with van der Waals surface area (Å²) in [6, 6.07) is 16.6. The molecule has 2 aromatic carbocycles. The molecule has 22 heavy (non-hydrogen) atoms. The van der Waals surface area contributed by atoms with Crippen LogP contribution in [0.4, 0.5) is 5.69 Å². The number of hydrogen-bond donors (Lipinski definition) is 0. The fourth-order valence-corrected chi connectivity index (χ4v) is 2.25.